The molecule has 1 aromatic heterocycles. The Morgan fingerprint density at radius 3 is 2.90 bits per heavy atom. The Kier molecular flexibility index (Phi) is 3.49. The summed E-state index contributed by atoms with van der Waals surface area (Å²) in [6, 6.07) is 9.43. The maximum Gasteiger partial charge on any atom is 0.0991 e. The van der Waals surface area contributed by atoms with Gasteiger partial charge < -0.3 is 9.30 Å². The lowest BCUT2D eigenvalue weighted by atomic mass is 10.1. The number of rotatable bonds is 3. The molecule has 4 nitrogen and oxygen atoms in total. The maximum atomic E-state index is 5.89. The lowest BCUT2D eigenvalue weighted by Gasteiger charge is -2.37. The van der Waals surface area contributed by atoms with Crippen LogP contribution in [0.3, 0.4) is 0 Å². The van der Waals surface area contributed by atoms with Gasteiger partial charge in [0.25, 0.3) is 0 Å². The van der Waals surface area contributed by atoms with Crippen LogP contribution < -0.4 is 0 Å². The number of hydrogen-bond donors (Lipinski definition) is 0. The van der Waals surface area contributed by atoms with E-state index in [1.807, 2.05) is 23.3 Å². The number of nitrogens with zero attached hydrogens (tertiary/aromatic N) is 3. The standard InChI is InChI=1S/C17H21N3O/c1-2-16-17(3-1)21-11-10-19(16)12-14-4-6-15(7-5-14)20-9-8-18-13-20/h4-9,13,16-17H,1-3,10-12H2. The van der Waals surface area contributed by atoms with Crippen LogP contribution in [0.2, 0.25) is 0 Å². The molecule has 2 atom stereocenters. The van der Waals surface area contributed by atoms with Crippen molar-refractivity contribution in [3.05, 3.63) is 48.5 Å². The average molecular weight is 283 g/mol. The van der Waals surface area contributed by atoms with E-state index in [-0.39, 0.29) is 0 Å². The monoisotopic (exact) mass is 283 g/mol. The van der Waals surface area contributed by atoms with Crippen molar-refractivity contribution in [2.45, 2.75) is 38.0 Å². The molecule has 0 radical (unpaired) electrons. The first-order chi connectivity index (χ1) is 10.4. The van der Waals surface area contributed by atoms with E-state index in [2.05, 4.69) is 34.1 Å². The summed E-state index contributed by atoms with van der Waals surface area (Å²) in [6.07, 6.45) is 9.93. The predicted octanol–water partition coefficient (Wildman–Crippen LogP) is 2.63. The first-order valence-corrected chi connectivity index (χ1v) is 7.83. The van der Waals surface area contributed by atoms with Gasteiger partial charge in [-0.3, -0.25) is 4.90 Å². The highest BCUT2D eigenvalue weighted by molar-refractivity contribution is 5.34. The lowest BCUT2D eigenvalue weighted by molar-refractivity contribution is -0.0588. The maximum absolute atomic E-state index is 5.89. The fraction of sp³-hybridized carbons (Fsp3) is 0.471. The molecular weight excluding hydrogens is 262 g/mol. The number of hydrogen-bond acceptors (Lipinski definition) is 3. The number of benzene rings is 1. The molecule has 0 amide bonds. The van der Waals surface area contributed by atoms with Gasteiger partial charge in [0.1, 0.15) is 0 Å². The SMILES string of the molecule is c1cn(-c2ccc(CN3CCOC4CCCC43)cc2)cn1. The molecule has 1 aromatic carbocycles. The topological polar surface area (TPSA) is 30.3 Å². The van der Waals surface area contributed by atoms with E-state index in [0.29, 0.717) is 12.1 Å². The Morgan fingerprint density at radius 2 is 2.10 bits per heavy atom. The Balaban J connectivity index is 1.47. The first kappa shape index (κ1) is 13.0. The molecule has 1 aliphatic heterocycles. The molecule has 0 N–H and O–H groups in total. The molecule has 110 valence electrons. The summed E-state index contributed by atoms with van der Waals surface area (Å²) < 4.78 is 7.92. The Bertz CT molecular complexity index is 579. The average Bonchev–Trinajstić information content (AvgIpc) is 3.20. The van der Waals surface area contributed by atoms with Crippen molar-refractivity contribution in [3.63, 3.8) is 0 Å². The van der Waals surface area contributed by atoms with Gasteiger partial charge in [0.05, 0.1) is 19.0 Å². The second-order valence-corrected chi connectivity index (χ2v) is 6.01. The number of imidazole rings is 1. The molecule has 2 fully saturated rings. The van der Waals surface area contributed by atoms with Gasteiger partial charge in [-0.15, -0.1) is 0 Å². The van der Waals surface area contributed by atoms with Gasteiger partial charge >= 0.3 is 0 Å². The van der Waals surface area contributed by atoms with Gasteiger partial charge in [-0.2, -0.15) is 0 Å². The smallest absolute Gasteiger partial charge is 0.0991 e. The van der Waals surface area contributed by atoms with Crippen LogP contribution >= 0.6 is 0 Å². The van der Waals surface area contributed by atoms with Crippen LogP contribution in [0.15, 0.2) is 43.0 Å². The number of ether oxygens (including phenoxy) is 1. The Morgan fingerprint density at radius 1 is 1.19 bits per heavy atom. The van der Waals surface area contributed by atoms with Gasteiger partial charge in [0.2, 0.25) is 0 Å². The van der Waals surface area contributed by atoms with E-state index in [1.165, 1.54) is 24.8 Å². The minimum absolute atomic E-state index is 0.476. The van der Waals surface area contributed by atoms with Crippen LogP contribution in [-0.2, 0) is 11.3 Å². The number of aromatic nitrogens is 2. The highest BCUT2D eigenvalue weighted by Crippen LogP contribution is 2.30. The number of fused-ring (bicyclic) bond motifs is 1. The fourth-order valence-corrected chi connectivity index (χ4v) is 3.62. The highest BCUT2D eigenvalue weighted by Gasteiger charge is 2.35. The van der Waals surface area contributed by atoms with Crippen LogP contribution in [0.1, 0.15) is 24.8 Å². The van der Waals surface area contributed by atoms with Gasteiger partial charge in [-0.25, -0.2) is 4.98 Å². The van der Waals surface area contributed by atoms with Crippen LogP contribution in [0.25, 0.3) is 5.69 Å². The molecule has 4 heteroatoms. The van der Waals surface area contributed by atoms with Crippen molar-refractivity contribution in [2.24, 2.45) is 0 Å². The van der Waals surface area contributed by atoms with Crippen molar-refractivity contribution in [1.82, 2.24) is 14.5 Å². The van der Waals surface area contributed by atoms with Crippen molar-refractivity contribution >= 4 is 0 Å². The van der Waals surface area contributed by atoms with Gasteiger partial charge in [-0.1, -0.05) is 12.1 Å². The van der Waals surface area contributed by atoms with Crippen LogP contribution in [0.5, 0.6) is 0 Å². The quantitative estimate of drug-likeness (QED) is 0.867. The van der Waals surface area contributed by atoms with Crippen molar-refractivity contribution in [1.29, 1.82) is 0 Å². The molecule has 1 saturated carbocycles. The molecule has 4 rings (SSSR count). The van der Waals surface area contributed by atoms with E-state index >= 15 is 0 Å². The minimum atomic E-state index is 0.476. The Labute approximate surface area is 125 Å². The minimum Gasteiger partial charge on any atom is -0.375 e. The first-order valence-electron chi connectivity index (χ1n) is 7.83. The largest absolute Gasteiger partial charge is 0.375 e. The molecule has 1 saturated heterocycles. The summed E-state index contributed by atoms with van der Waals surface area (Å²) >= 11 is 0. The third-order valence-corrected chi connectivity index (χ3v) is 4.72. The summed E-state index contributed by atoms with van der Waals surface area (Å²) in [5.41, 5.74) is 2.54. The zero-order valence-corrected chi connectivity index (χ0v) is 12.2. The van der Waals surface area contributed by atoms with E-state index in [0.717, 1.165) is 25.4 Å². The van der Waals surface area contributed by atoms with Crippen molar-refractivity contribution < 1.29 is 4.74 Å². The molecule has 21 heavy (non-hydrogen) atoms. The summed E-state index contributed by atoms with van der Waals surface area (Å²) in [7, 11) is 0. The van der Waals surface area contributed by atoms with Crippen LogP contribution in [0.4, 0.5) is 0 Å². The molecule has 2 aliphatic rings. The van der Waals surface area contributed by atoms with Gasteiger partial charge in [0.15, 0.2) is 0 Å². The summed E-state index contributed by atoms with van der Waals surface area (Å²) in [5.74, 6) is 0. The van der Waals surface area contributed by atoms with Crippen molar-refractivity contribution in [3.8, 4) is 5.69 Å². The van der Waals surface area contributed by atoms with E-state index in [9.17, 15) is 0 Å². The molecule has 2 aromatic rings. The zero-order valence-electron chi connectivity index (χ0n) is 12.2. The predicted molar refractivity (Wildman–Crippen MR) is 81.4 cm³/mol. The highest BCUT2D eigenvalue weighted by atomic mass is 16.5. The van der Waals surface area contributed by atoms with Gasteiger partial charge in [0, 0.05) is 37.2 Å². The molecule has 0 spiro atoms. The summed E-state index contributed by atoms with van der Waals surface area (Å²) in [4.78, 5) is 6.70. The van der Waals surface area contributed by atoms with Crippen LogP contribution in [-0.4, -0.2) is 39.7 Å². The van der Waals surface area contributed by atoms with Crippen LogP contribution in [0, 0.1) is 0 Å². The van der Waals surface area contributed by atoms with E-state index < -0.39 is 0 Å². The molecular formula is C17H21N3O. The lowest BCUT2D eigenvalue weighted by Crippen LogP contribution is -2.47. The second-order valence-electron chi connectivity index (χ2n) is 6.01. The second kappa shape index (κ2) is 5.62. The Hall–Kier alpha value is -1.65. The van der Waals surface area contributed by atoms with E-state index in [1.54, 1.807) is 0 Å². The molecule has 1 aliphatic carbocycles. The normalized spacial score (nSPS) is 25.9. The molecule has 0 bridgehead atoms. The molecule has 2 heterocycles. The third-order valence-electron chi connectivity index (χ3n) is 4.72. The zero-order chi connectivity index (χ0) is 14.1. The summed E-state index contributed by atoms with van der Waals surface area (Å²) in [6.45, 7) is 2.98. The van der Waals surface area contributed by atoms with Gasteiger partial charge in [-0.05, 0) is 37.0 Å². The van der Waals surface area contributed by atoms with E-state index in [4.69, 9.17) is 4.74 Å². The third kappa shape index (κ3) is 2.61. The summed E-state index contributed by atoms with van der Waals surface area (Å²) in [5, 5.41) is 0. The fourth-order valence-electron chi connectivity index (χ4n) is 3.62. The van der Waals surface area contributed by atoms with Crippen molar-refractivity contribution in [2.75, 3.05) is 13.2 Å². The number of morpholine rings is 1. The molecule has 2 unspecified atom stereocenters.